The van der Waals surface area contributed by atoms with Gasteiger partial charge in [0.2, 0.25) is 11.8 Å². The fraction of sp³-hybridized carbons (Fsp3) is 0.480. The van der Waals surface area contributed by atoms with Crippen molar-refractivity contribution >= 4 is 37.2 Å². The van der Waals surface area contributed by atoms with Gasteiger partial charge < -0.3 is 34.9 Å². The third-order valence-electron chi connectivity index (χ3n) is 5.87. The molecule has 1 aromatic heterocycles. The topological polar surface area (TPSA) is 141 Å². The van der Waals surface area contributed by atoms with Crippen LogP contribution in [0.2, 0.25) is 0 Å². The second kappa shape index (κ2) is 13.0. The molecule has 2 heterocycles. The molecule has 2 N–H and O–H groups in total. The van der Waals surface area contributed by atoms with Crippen molar-refractivity contribution in [2.75, 3.05) is 25.0 Å². The first kappa shape index (κ1) is 27.9. The number of hydrogen-bond donors (Lipinski definition) is 2. The van der Waals surface area contributed by atoms with E-state index in [2.05, 4.69) is 20.6 Å². The van der Waals surface area contributed by atoms with E-state index in [0.717, 1.165) is 37.9 Å². The van der Waals surface area contributed by atoms with E-state index in [9.17, 15) is 19.5 Å². The molecular weight excluding hydrogens is 475 g/mol. The molecule has 0 bridgehead atoms. The molecule has 11 nitrogen and oxygen atoms in total. The maximum Gasteiger partial charge on any atom is 0.250 e. The maximum absolute atomic E-state index is 13.1. The minimum absolute atomic E-state index is 0.00476. The quantitative estimate of drug-likeness (QED) is 0.253. The summed E-state index contributed by atoms with van der Waals surface area (Å²) in [7, 11) is 5.11. The van der Waals surface area contributed by atoms with Crippen molar-refractivity contribution in [2.24, 2.45) is 4.99 Å². The molecule has 196 valence electrons. The highest BCUT2D eigenvalue weighted by Gasteiger charge is 2.31. The summed E-state index contributed by atoms with van der Waals surface area (Å²) in [5.41, 5.74) is -0.589. The molecule has 37 heavy (non-hydrogen) atoms. The number of nitrogens with one attached hydrogen (secondary N) is 2. The normalized spacial score (nSPS) is 15.2. The van der Waals surface area contributed by atoms with E-state index in [0.29, 0.717) is 0 Å². The van der Waals surface area contributed by atoms with Crippen LogP contribution in [0.4, 0.5) is 5.82 Å². The Morgan fingerprint density at radius 2 is 1.89 bits per heavy atom. The van der Waals surface area contributed by atoms with E-state index >= 15 is 0 Å². The van der Waals surface area contributed by atoms with Gasteiger partial charge in [0.1, 0.15) is 26.0 Å². The van der Waals surface area contributed by atoms with Gasteiger partial charge in [-0.05, 0) is 38.7 Å². The van der Waals surface area contributed by atoms with E-state index in [-0.39, 0.29) is 31.5 Å². The summed E-state index contributed by atoms with van der Waals surface area (Å²) < 4.78 is 7.28. The summed E-state index contributed by atoms with van der Waals surface area (Å²) >= 11 is 0. The summed E-state index contributed by atoms with van der Waals surface area (Å²) in [6.07, 6.45) is 6.15. The van der Waals surface area contributed by atoms with Gasteiger partial charge in [0, 0.05) is 19.3 Å². The number of aliphatic imine (C=N–C) groups is 1. The highest BCUT2D eigenvalue weighted by Crippen LogP contribution is 2.12. The lowest BCUT2D eigenvalue weighted by Gasteiger charge is -2.26. The zero-order valence-electron chi connectivity index (χ0n) is 21.2. The molecule has 1 atom stereocenters. The lowest BCUT2D eigenvalue weighted by atomic mass is 10.0. The molecule has 2 aromatic rings. The first-order chi connectivity index (χ1) is 17.6. The van der Waals surface area contributed by atoms with Gasteiger partial charge in [-0.3, -0.25) is 14.4 Å². The minimum Gasteiger partial charge on any atom is -0.870 e. The van der Waals surface area contributed by atoms with E-state index in [1.165, 1.54) is 20.2 Å². The fourth-order valence-corrected chi connectivity index (χ4v) is 3.84. The van der Waals surface area contributed by atoms with Gasteiger partial charge in [-0.15, -0.1) is 0 Å². The van der Waals surface area contributed by atoms with Crippen molar-refractivity contribution in [2.45, 2.75) is 57.8 Å². The number of anilines is 1. The monoisotopic (exact) mass is 507 g/mol. The van der Waals surface area contributed by atoms with Gasteiger partial charge in [0.05, 0.1) is 19.5 Å². The molecule has 0 unspecified atom stereocenters. The number of carbonyl (C=O) groups excluding carboxylic acids is 3. The van der Waals surface area contributed by atoms with Crippen LogP contribution in [0, 0.1) is 0 Å². The average molecular weight is 507 g/mol. The zero-order valence-corrected chi connectivity index (χ0v) is 21.2. The fourth-order valence-electron chi connectivity index (χ4n) is 3.84. The van der Waals surface area contributed by atoms with Gasteiger partial charge in [-0.2, -0.15) is 0 Å². The minimum atomic E-state index is -1.49. The molecule has 1 aliphatic rings. The molecule has 3 amide bonds. The Bertz CT molecular complexity index is 1090. The van der Waals surface area contributed by atoms with Crippen molar-refractivity contribution in [3.05, 3.63) is 48.4 Å². The summed E-state index contributed by atoms with van der Waals surface area (Å²) in [6, 6.07) is 8.25. The summed E-state index contributed by atoms with van der Waals surface area (Å²) in [6.45, 7) is 4.52. The Morgan fingerprint density at radius 3 is 2.57 bits per heavy atom. The Kier molecular flexibility index (Phi) is 9.84. The summed E-state index contributed by atoms with van der Waals surface area (Å²) in [4.78, 5) is 47.9. The van der Waals surface area contributed by atoms with E-state index in [1.807, 2.05) is 35.2 Å². The van der Waals surface area contributed by atoms with Crippen molar-refractivity contribution < 1.29 is 24.2 Å². The van der Waals surface area contributed by atoms with E-state index < -0.39 is 29.2 Å². The van der Waals surface area contributed by atoms with Crippen LogP contribution in [0.5, 0.6) is 0 Å². The van der Waals surface area contributed by atoms with E-state index in [4.69, 9.17) is 12.6 Å². The van der Waals surface area contributed by atoms with Gasteiger partial charge in [0.15, 0.2) is 5.82 Å². The van der Waals surface area contributed by atoms with Crippen molar-refractivity contribution in [3.8, 4) is 0 Å². The number of ether oxygens (including phenoxy) is 1. The SMILES string of the molecule is [B]C([O-])=NC(C)(C)C(=O)N[C@H](COCc1ccccc1)C(=O)Nc1cn(CC(=O)N2CCCCC2)cn1. The van der Waals surface area contributed by atoms with E-state index in [1.54, 1.807) is 10.8 Å². The van der Waals surface area contributed by atoms with Gasteiger partial charge >= 0.3 is 0 Å². The maximum atomic E-state index is 13.1. The molecule has 3 rings (SSSR count). The number of hydrogen-bond acceptors (Lipinski definition) is 7. The molecule has 1 fully saturated rings. The Hall–Kier alpha value is -3.67. The second-order valence-corrected chi connectivity index (χ2v) is 9.40. The first-order valence-corrected chi connectivity index (χ1v) is 12.2. The summed E-state index contributed by atoms with van der Waals surface area (Å²) in [5.74, 6) is -2.03. The largest absolute Gasteiger partial charge is 0.870 e. The molecule has 12 heteroatoms. The van der Waals surface area contributed by atoms with Crippen LogP contribution in [0.15, 0.2) is 47.8 Å². The molecule has 1 aromatic carbocycles. The number of imidazole rings is 1. The summed E-state index contributed by atoms with van der Waals surface area (Å²) in [5, 5.41) is 16.4. The van der Waals surface area contributed by atoms with Crippen molar-refractivity contribution in [1.82, 2.24) is 19.8 Å². The predicted octanol–water partition coefficient (Wildman–Crippen LogP) is 0.199. The third kappa shape index (κ3) is 8.74. The van der Waals surface area contributed by atoms with Crippen LogP contribution < -0.4 is 15.7 Å². The number of likely N-dealkylation sites (tertiary alicyclic amines) is 1. The number of benzene rings is 1. The average Bonchev–Trinajstić information content (AvgIpc) is 3.30. The molecule has 0 spiro atoms. The zero-order chi connectivity index (χ0) is 26.8. The Morgan fingerprint density at radius 1 is 1.19 bits per heavy atom. The van der Waals surface area contributed by atoms with Crippen LogP contribution in [0.1, 0.15) is 38.7 Å². The van der Waals surface area contributed by atoms with Gasteiger partial charge in [-0.1, -0.05) is 36.1 Å². The van der Waals surface area contributed by atoms with Gasteiger partial charge in [0.25, 0.3) is 5.91 Å². The number of rotatable bonds is 11. The third-order valence-corrected chi connectivity index (χ3v) is 5.87. The number of piperidine rings is 1. The van der Waals surface area contributed by atoms with Crippen molar-refractivity contribution in [1.29, 1.82) is 0 Å². The van der Waals surface area contributed by atoms with Crippen molar-refractivity contribution in [3.63, 3.8) is 0 Å². The molecule has 1 aliphatic heterocycles. The molecule has 1 saturated heterocycles. The lowest BCUT2D eigenvalue weighted by molar-refractivity contribution is -0.208. The molecule has 2 radical (unpaired) electrons. The lowest BCUT2D eigenvalue weighted by Crippen LogP contribution is -2.52. The molecule has 0 aliphatic carbocycles. The van der Waals surface area contributed by atoms with Crippen LogP contribution in [0.25, 0.3) is 0 Å². The predicted molar refractivity (Wildman–Crippen MR) is 137 cm³/mol. The number of nitrogens with zero attached hydrogens (tertiary/aromatic N) is 4. The first-order valence-electron chi connectivity index (χ1n) is 12.2. The number of amides is 3. The number of aromatic nitrogens is 2. The standard InChI is InChI=1S/C25H33BN6O5/c1-25(2,30-24(26)36)23(35)28-19(16-37-15-18-9-5-3-6-10-18)22(34)29-20-13-31(17-27-20)14-21(33)32-11-7-4-8-12-32/h3,5-6,9-10,13,17,19H,4,7-8,11-12,14-16H2,1-2H3,(H,28,35)(H,29,34)(H,30,36)/p-1/t19-/m1/s1. The van der Waals surface area contributed by atoms with Crippen LogP contribution >= 0.6 is 0 Å². The number of carbonyl (C=O) groups is 3. The van der Waals surface area contributed by atoms with Crippen LogP contribution in [-0.2, 0) is 32.3 Å². The highest BCUT2D eigenvalue weighted by atomic mass is 16.5. The van der Waals surface area contributed by atoms with Crippen LogP contribution in [-0.4, -0.2) is 77.1 Å². The molecular formula is C25H32BN6O5-. The smallest absolute Gasteiger partial charge is 0.250 e. The Balaban J connectivity index is 1.64. The highest BCUT2D eigenvalue weighted by molar-refractivity contribution is 6.55. The Labute approximate surface area is 217 Å². The van der Waals surface area contributed by atoms with Crippen LogP contribution in [0.3, 0.4) is 0 Å². The second-order valence-electron chi connectivity index (χ2n) is 9.40. The molecule has 0 saturated carbocycles. The van der Waals surface area contributed by atoms with Gasteiger partial charge in [-0.25, -0.2) is 4.98 Å².